The summed E-state index contributed by atoms with van der Waals surface area (Å²) in [5.41, 5.74) is -0.909. The summed E-state index contributed by atoms with van der Waals surface area (Å²) in [4.78, 5) is 23.1. The molecule has 1 saturated heterocycles. The Bertz CT molecular complexity index is 526. The van der Waals surface area contributed by atoms with Crippen LogP contribution in [-0.4, -0.2) is 51.2 Å². The number of likely N-dealkylation sites (tertiary alicyclic amines) is 1. The number of carbonyl (C=O) groups is 1. The third kappa shape index (κ3) is 2.54. The number of hydrogen-bond acceptors (Lipinski definition) is 5. The summed E-state index contributed by atoms with van der Waals surface area (Å²) in [6, 6.07) is 2.63. The largest absolute Gasteiger partial charge is 0.388 e. The molecule has 19 heavy (non-hydrogen) atoms. The number of aliphatic hydroxyl groups is 2. The fourth-order valence-electron chi connectivity index (χ4n) is 1.94. The molecule has 0 aliphatic carbocycles. The standard InChI is InChI=1S/C11H11FN2O5/c12-6-1-2-7(8(3-6)14(18)19)11(17)13-4-9(15)10(16)5-13/h1-3,9-10,15-16H,4-5H2/t9-,10+. The van der Waals surface area contributed by atoms with Crippen molar-refractivity contribution in [2.24, 2.45) is 0 Å². The Morgan fingerprint density at radius 2 is 1.95 bits per heavy atom. The van der Waals surface area contributed by atoms with Gasteiger partial charge in [-0.15, -0.1) is 0 Å². The molecule has 2 N–H and O–H groups in total. The van der Waals surface area contributed by atoms with Gasteiger partial charge >= 0.3 is 0 Å². The van der Waals surface area contributed by atoms with Crippen molar-refractivity contribution in [2.75, 3.05) is 13.1 Å². The molecule has 1 aliphatic rings. The van der Waals surface area contributed by atoms with Crippen molar-refractivity contribution in [3.63, 3.8) is 0 Å². The predicted octanol–water partition coefficient (Wildman–Crippen LogP) is -0.0885. The van der Waals surface area contributed by atoms with Gasteiger partial charge in [-0.1, -0.05) is 0 Å². The molecule has 0 spiro atoms. The first-order chi connectivity index (χ1) is 8.90. The lowest BCUT2D eigenvalue weighted by atomic mass is 10.1. The number of β-amino-alcohol motifs (C(OH)–C–C–N with tert-alkyl or cyclic N) is 2. The first-order valence-corrected chi connectivity index (χ1v) is 5.49. The normalized spacial score (nSPS) is 22.6. The zero-order valence-corrected chi connectivity index (χ0v) is 9.69. The highest BCUT2D eigenvalue weighted by Crippen LogP contribution is 2.23. The average Bonchev–Trinajstić information content (AvgIpc) is 2.68. The molecule has 2 atom stereocenters. The summed E-state index contributed by atoms with van der Waals surface area (Å²) in [5, 5.41) is 29.5. The molecule has 1 amide bonds. The Morgan fingerprint density at radius 1 is 1.37 bits per heavy atom. The van der Waals surface area contributed by atoms with Crippen LogP contribution in [0.15, 0.2) is 18.2 Å². The molecule has 0 radical (unpaired) electrons. The van der Waals surface area contributed by atoms with Gasteiger partial charge in [-0.25, -0.2) is 4.39 Å². The minimum absolute atomic E-state index is 0.117. The number of nitro groups is 1. The molecule has 1 aromatic rings. The zero-order chi connectivity index (χ0) is 14.2. The highest BCUT2D eigenvalue weighted by Gasteiger charge is 2.35. The molecule has 0 aromatic heterocycles. The number of nitro benzene ring substituents is 1. The molecule has 102 valence electrons. The zero-order valence-electron chi connectivity index (χ0n) is 9.69. The lowest BCUT2D eigenvalue weighted by molar-refractivity contribution is -0.385. The number of rotatable bonds is 2. The predicted molar refractivity (Wildman–Crippen MR) is 61.0 cm³/mol. The van der Waals surface area contributed by atoms with Gasteiger partial charge in [0.15, 0.2) is 0 Å². The lowest BCUT2D eigenvalue weighted by Crippen LogP contribution is -2.30. The molecule has 0 saturated carbocycles. The molecule has 1 aliphatic heterocycles. The molecule has 7 nitrogen and oxygen atoms in total. The van der Waals surface area contributed by atoms with Crippen LogP contribution in [0, 0.1) is 15.9 Å². The molecule has 1 aromatic carbocycles. The number of benzene rings is 1. The Labute approximate surface area is 107 Å². The quantitative estimate of drug-likeness (QED) is 0.577. The van der Waals surface area contributed by atoms with E-state index in [1.807, 2.05) is 0 Å². The summed E-state index contributed by atoms with van der Waals surface area (Å²) in [6.07, 6.45) is -2.16. The maximum Gasteiger partial charge on any atom is 0.285 e. The van der Waals surface area contributed by atoms with Gasteiger partial charge in [-0.3, -0.25) is 14.9 Å². The molecular formula is C11H11FN2O5. The number of halogens is 1. The second-order valence-electron chi connectivity index (χ2n) is 4.26. The SMILES string of the molecule is O=C(c1ccc(F)cc1[N+](=O)[O-])N1C[C@@H](O)[C@@H](O)C1. The van der Waals surface area contributed by atoms with E-state index in [-0.39, 0.29) is 18.7 Å². The van der Waals surface area contributed by atoms with Crippen LogP contribution in [0.4, 0.5) is 10.1 Å². The van der Waals surface area contributed by atoms with E-state index in [0.717, 1.165) is 17.0 Å². The number of amides is 1. The summed E-state index contributed by atoms with van der Waals surface area (Å²) < 4.78 is 13.0. The highest BCUT2D eigenvalue weighted by molar-refractivity contribution is 5.98. The van der Waals surface area contributed by atoms with Crippen LogP contribution in [0.3, 0.4) is 0 Å². The minimum Gasteiger partial charge on any atom is -0.388 e. The summed E-state index contributed by atoms with van der Waals surface area (Å²) >= 11 is 0. The third-order valence-corrected chi connectivity index (χ3v) is 2.93. The van der Waals surface area contributed by atoms with Crippen molar-refractivity contribution in [3.05, 3.63) is 39.7 Å². The van der Waals surface area contributed by atoms with Gasteiger partial charge in [0, 0.05) is 13.1 Å². The second-order valence-corrected chi connectivity index (χ2v) is 4.26. The maximum absolute atomic E-state index is 13.0. The van der Waals surface area contributed by atoms with Crippen LogP contribution in [-0.2, 0) is 0 Å². The fourth-order valence-corrected chi connectivity index (χ4v) is 1.94. The van der Waals surface area contributed by atoms with E-state index >= 15 is 0 Å². The van der Waals surface area contributed by atoms with Crippen molar-refractivity contribution < 1.29 is 24.3 Å². The van der Waals surface area contributed by atoms with Gasteiger partial charge in [-0.05, 0) is 12.1 Å². The monoisotopic (exact) mass is 270 g/mol. The Hall–Kier alpha value is -2.06. The number of hydrogen-bond donors (Lipinski definition) is 2. The molecule has 1 heterocycles. The van der Waals surface area contributed by atoms with Gasteiger partial charge < -0.3 is 15.1 Å². The molecular weight excluding hydrogens is 259 g/mol. The van der Waals surface area contributed by atoms with Gasteiger partial charge in [0.2, 0.25) is 0 Å². The number of carbonyl (C=O) groups excluding carboxylic acids is 1. The van der Waals surface area contributed by atoms with E-state index in [0.29, 0.717) is 6.07 Å². The Kier molecular flexibility index (Phi) is 3.45. The van der Waals surface area contributed by atoms with Gasteiger partial charge in [0.05, 0.1) is 23.2 Å². The van der Waals surface area contributed by atoms with Crippen molar-refractivity contribution in [1.29, 1.82) is 0 Å². The van der Waals surface area contributed by atoms with E-state index in [2.05, 4.69) is 0 Å². The first-order valence-electron chi connectivity index (χ1n) is 5.49. The Morgan fingerprint density at radius 3 is 2.47 bits per heavy atom. The third-order valence-electron chi connectivity index (χ3n) is 2.93. The van der Waals surface area contributed by atoms with Crippen molar-refractivity contribution >= 4 is 11.6 Å². The molecule has 2 rings (SSSR count). The topological polar surface area (TPSA) is 104 Å². The van der Waals surface area contributed by atoms with Gasteiger partial charge in [0.1, 0.15) is 11.4 Å². The first kappa shape index (κ1) is 13.4. The van der Waals surface area contributed by atoms with E-state index in [9.17, 15) is 29.5 Å². The molecule has 0 bridgehead atoms. The van der Waals surface area contributed by atoms with Gasteiger partial charge in [-0.2, -0.15) is 0 Å². The number of aliphatic hydroxyl groups excluding tert-OH is 2. The van der Waals surface area contributed by atoms with Crippen LogP contribution in [0.25, 0.3) is 0 Å². The highest BCUT2D eigenvalue weighted by atomic mass is 19.1. The lowest BCUT2D eigenvalue weighted by Gasteiger charge is -2.15. The molecule has 1 fully saturated rings. The maximum atomic E-state index is 13.0. The van der Waals surface area contributed by atoms with Crippen LogP contribution < -0.4 is 0 Å². The van der Waals surface area contributed by atoms with Gasteiger partial charge in [0.25, 0.3) is 11.6 Å². The smallest absolute Gasteiger partial charge is 0.285 e. The van der Waals surface area contributed by atoms with Crippen molar-refractivity contribution in [1.82, 2.24) is 4.90 Å². The minimum atomic E-state index is -1.08. The van der Waals surface area contributed by atoms with Crippen LogP contribution >= 0.6 is 0 Å². The van der Waals surface area contributed by atoms with Crippen molar-refractivity contribution in [3.8, 4) is 0 Å². The van der Waals surface area contributed by atoms with Crippen LogP contribution in [0.5, 0.6) is 0 Å². The van der Waals surface area contributed by atoms with E-state index in [1.54, 1.807) is 0 Å². The molecule has 0 unspecified atom stereocenters. The van der Waals surface area contributed by atoms with E-state index in [4.69, 9.17) is 0 Å². The fraction of sp³-hybridized carbons (Fsp3) is 0.364. The second kappa shape index (κ2) is 4.90. The average molecular weight is 270 g/mol. The van der Waals surface area contributed by atoms with E-state index in [1.165, 1.54) is 0 Å². The van der Waals surface area contributed by atoms with Crippen LogP contribution in [0.1, 0.15) is 10.4 Å². The van der Waals surface area contributed by atoms with E-state index < -0.39 is 34.5 Å². The Balaban J connectivity index is 2.32. The number of nitrogens with zero attached hydrogens (tertiary/aromatic N) is 2. The van der Waals surface area contributed by atoms with Crippen LogP contribution in [0.2, 0.25) is 0 Å². The molecule has 8 heteroatoms. The summed E-state index contributed by atoms with van der Waals surface area (Å²) in [5.74, 6) is -1.54. The summed E-state index contributed by atoms with van der Waals surface area (Å²) in [6.45, 7) is -0.233. The summed E-state index contributed by atoms with van der Waals surface area (Å²) in [7, 11) is 0. The van der Waals surface area contributed by atoms with Crippen molar-refractivity contribution in [2.45, 2.75) is 12.2 Å².